The normalized spacial score (nSPS) is 14.7. The molecule has 2 aromatic rings. The summed E-state index contributed by atoms with van der Waals surface area (Å²) in [6, 6.07) is 12.9. The van der Waals surface area contributed by atoms with E-state index in [9.17, 15) is 9.59 Å². The van der Waals surface area contributed by atoms with E-state index in [1.165, 1.54) is 0 Å². The Balaban J connectivity index is 1.68. The van der Waals surface area contributed by atoms with Crippen LogP contribution in [0.2, 0.25) is 5.02 Å². The Morgan fingerprint density at radius 2 is 1.72 bits per heavy atom. The molecule has 25 heavy (non-hydrogen) atoms. The highest BCUT2D eigenvalue weighted by Gasteiger charge is 2.34. The molecule has 1 unspecified atom stereocenters. The average molecular weight is 357 g/mol. The van der Waals surface area contributed by atoms with Gasteiger partial charge in [0.05, 0.1) is 6.04 Å². The van der Waals surface area contributed by atoms with Crippen LogP contribution in [-0.2, 0) is 9.59 Å². The quantitative estimate of drug-likeness (QED) is 0.808. The zero-order valence-corrected chi connectivity index (χ0v) is 15.1. The van der Waals surface area contributed by atoms with Crippen molar-refractivity contribution in [3.05, 3.63) is 64.2 Å². The SMILES string of the molecule is Cc1ccc(NC(=O)C(=O)NC(c2ccc(Cl)cc2)C2CC2)c(C)c1. The summed E-state index contributed by atoms with van der Waals surface area (Å²) in [6.45, 7) is 3.89. The molecule has 2 aromatic carbocycles. The summed E-state index contributed by atoms with van der Waals surface area (Å²) in [6.07, 6.45) is 2.10. The first kappa shape index (κ1) is 17.5. The van der Waals surface area contributed by atoms with Gasteiger partial charge in [0.2, 0.25) is 0 Å². The van der Waals surface area contributed by atoms with Gasteiger partial charge in [0, 0.05) is 10.7 Å². The first-order chi connectivity index (χ1) is 11.9. The maximum Gasteiger partial charge on any atom is 0.313 e. The molecule has 3 rings (SSSR count). The van der Waals surface area contributed by atoms with E-state index >= 15 is 0 Å². The van der Waals surface area contributed by atoms with Crippen molar-refractivity contribution in [3.63, 3.8) is 0 Å². The predicted molar refractivity (Wildman–Crippen MR) is 99.6 cm³/mol. The number of benzene rings is 2. The minimum atomic E-state index is -0.647. The topological polar surface area (TPSA) is 58.2 Å². The Bertz CT molecular complexity index is 798. The third-order valence-electron chi connectivity index (χ3n) is 4.45. The van der Waals surface area contributed by atoms with Gasteiger partial charge in [0.25, 0.3) is 0 Å². The molecule has 5 heteroatoms. The smallest absolute Gasteiger partial charge is 0.313 e. The Morgan fingerprint density at radius 3 is 2.32 bits per heavy atom. The molecule has 0 aromatic heterocycles. The van der Waals surface area contributed by atoms with Gasteiger partial charge in [0.1, 0.15) is 0 Å². The molecule has 0 radical (unpaired) electrons. The second-order valence-corrected chi connectivity index (χ2v) is 7.05. The van der Waals surface area contributed by atoms with Gasteiger partial charge < -0.3 is 10.6 Å². The molecule has 1 fully saturated rings. The number of amides is 2. The second-order valence-electron chi connectivity index (χ2n) is 6.61. The summed E-state index contributed by atoms with van der Waals surface area (Å²) in [7, 11) is 0. The van der Waals surface area contributed by atoms with Gasteiger partial charge >= 0.3 is 11.8 Å². The van der Waals surface area contributed by atoms with Crippen LogP contribution in [0.25, 0.3) is 0 Å². The van der Waals surface area contributed by atoms with Crippen LogP contribution >= 0.6 is 11.6 Å². The summed E-state index contributed by atoms with van der Waals surface area (Å²) in [5.41, 5.74) is 3.66. The minimum Gasteiger partial charge on any atom is -0.341 e. The lowest BCUT2D eigenvalue weighted by Gasteiger charge is -2.19. The van der Waals surface area contributed by atoms with E-state index in [0.717, 1.165) is 29.5 Å². The summed E-state index contributed by atoms with van der Waals surface area (Å²) >= 11 is 5.93. The molecule has 1 aliphatic rings. The number of aryl methyl sites for hydroxylation is 2. The fraction of sp³-hybridized carbons (Fsp3) is 0.300. The van der Waals surface area contributed by atoms with Crippen LogP contribution in [0.3, 0.4) is 0 Å². The van der Waals surface area contributed by atoms with Crippen LogP contribution in [0, 0.1) is 19.8 Å². The Kier molecular flexibility index (Phi) is 5.09. The highest BCUT2D eigenvalue weighted by molar-refractivity contribution is 6.39. The highest BCUT2D eigenvalue weighted by Crippen LogP contribution is 2.41. The monoisotopic (exact) mass is 356 g/mol. The van der Waals surface area contributed by atoms with Crippen molar-refractivity contribution < 1.29 is 9.59 Å². The van der Waals surface area contributed by atoms with E-state index in [1.807, 2.05) is 44.2 Å². The lowest BCUT2D eigenvalue weighted by atomic mass is 10.0. The van der Waals surface area contributed by atoms with Gasteiger partial charge in [-0.2, -0.15) is 0 Å². The maximum absolute atomic E-state index is 12.4. The number of hydrogen-bond acceptors (Lipinski definition) is 2. The van der Waals surface area contributed by atoms with Crippen LogP contribution in [0.15, 0.2) is 42.5 Å². The van der Waals surface area contributed by atoms with Gasteiger partial charge in [0.15, 0.2) is 0 Å². The van der Waals surface area contributed by atoms with Gasteiger partial charge in [-0.05, 0) is 61.9 Å². The van der Waals surface area contributed by atoms with Crippen LogP contribution in [0.1, 0.15) is 35.6 Å². The van der Waals surface area contributed by atoms with Crippen LogP contribution in [-0.4, -0.2) is 11.8 Å². The number of carbonyl (C=O) groups is 2. The van der Waals surface area contributed by atoms with Crippen molar-refractivity contribution in [2.45, 2.75) is 32.7 Å². The van der Waals surface area contributed by atoms with Crippen LogP contribution in [0.5, 0.6) is 0 Å². The van der Waals surface area contributed by atoms with Crippen molar-refractivity contribution >= 4 is 29.1 Å². The molecular weight excluding hydrogens is 336 g/mol. The van der Waals surface area contributed by atoms with Crippen molar-refractivity contribution in [2.75, 3.05) is 5.32 Å². The molecule has 2 N–H and O–H groups in total. The molecular formula is C20H21ClN2O2. The molecule has 0 heterocycles. The zero-order chi connectivity index (χ0) is 18.0. The molecule has 2 amide bonds. The van der Waals surface area contributed by atoms with Crippen molar-refractivity contribution in [1.29, 1.82) is 0 Å². The van der Waals surface area contributed by atoms with Crippen molar-refractivity contribution in [2.24, 2.45) is 5.92 Å². The van der Waals surface area contributed by atoms with Gasteiger partial charge in [-0.25, -0.2) is 0 Å². The third-order valence-corrected chi connectivity index (χ3v) is 4.70. The van der Waals surface area contributed by atoms with Crippen molar-refractivity contribution in [3.8, 4) is 0 Å². The lowest BCUT2D eigenvalue weighted by Crippen LogP contribution is -2.38. The maximum atomic E-state index is 12.4. The van der Waals surface area contributed by atoms with E-state index in [4.69, 9.17) is 11.6 Å². The van der Waals surface area contributed by atoms with E-state index < -0.39 is 11.8 Å². The minimum absolute atomic E-state index is 0.158. The van der Waals surface area contributed by atoms with Gasteiger partial charge in [-0.3, -0.25) is 9.59 Å². The van der Waals surface area contributed by atoms with E-state index in [1.54, 1.807) is 12.1 Å². The number of nitrogens with one attached hydrogen (secondary N) is 2. The Hall–Kier alpha value is -2.33. The second kappa shape index (κ2) is 7.28. The summed E-state index contributed by atoms with van der Waals surface area (Å²) in [4.78, 5) is 24.6. The molecule has 1 saturated carbocycles. The fourth-order valence-electron chi connectivity index (χ4n) is 2.91. The third kappa shape index (κ3) is 4.40. The molecule has 130 valence electrons. The molecule has 0 saturated heterocycles. The van der Waals surface area contributed by atoms with E-state index in [0.29, 0.717) is 16.6 Å². The zero-order valence-electron chi connectivity index (χ0n) is 14.3. The summed E-state index contributed by atoms with van der Waals surface area (Å²) in [5.74, 6) is -0.891. The molecule has 1 aliphatic carbocycles. The predicted octanol–water partition coefficient (Wildman–Crippen LogP) is 4.16. The lowest BCUT2D eigenvalue weighted by molar-refractivity contribution is -0.136. The first-order valence-corrected chi connectivity index (χ1v) is 8.76. The molecule has 0 bridgehead atoms. The largest absolute Gasteiger partial charge is 0.341 e. The standard InChI is InChI=1S/C20H21ClN2O2/c1-12-3-10-17(13(2)11-12)22-19(24)20(25)23-18(14-4-5-14)15-6-8-16(21)9-7-15/h3,6-11,14,18H,4-5H2,1-2H3,(H,22,24)(H,23,25). The highest BCUT2D eigenvalue weighted by atomic mass is 35.5. The van der Waals surface area contributed by atoms with Crippen LogP contribution < -0.4 is 10.6 Å². The molecule has 1 atom stereocenters. The number of rotatable bonds is 4. The molecule has 0 spiro atoms. The average Bonchev–Trinajstić information content (AvgIpc) is 3.40. The molecule has 0 aliphatic heterocycles. The number of halogens is 1. The summed E-state index contributed by atoms with van der Waals surface area (Å²) in [5, 5.41) is 6.21. The first-order valence-electron chi connectivity index (χ1n) is 8.38. The van der Waals surface area contributed by atoms with E-state index in [2.05, 4.69) is 10.6 Å². The fourth-order valence-corrected chi connectivity index (χ4v) is 3.04. The Morgan fingerprint density at radius 1 is 1.04 bits per heavy atom. The summed E-state index contributed by atoms with van der Waals surface area (Å²) < 4.78 is 0. The van der Waals surface area contributed by atoms with Crippen molar-refractivity contribution in [1.82, 2.24) is 5.32 Å². The van der Waals surface area contributed by atoms with Gasteiger partial charge in [-0.15, -0.1) is 0 Å². The number of carbonyl (C=O) groups excluding carboxylic acids is 2. The Labute approximate surface area is 152 Å². The van der Waals surface area contributed by atoms with E-state index in [-0.39, 0.29) is 6.04 Å². The molecule has 4 nitrogen and oxygen atoms in total. The van der Waals surface area contributed by atoms with Gasteiger partial charge in [-0.1, -0.05) is 41.4 Å². The number of anilines is 1. The van der Waals surface area contributed by atoms with Crippen LogP contribution in [0.4, 0.5) is 5.69 Å². The number of hydrogen-bond donors (Lipinski definition) is 2.